The number of ether oxygens (including phenoxy) is 2. The molecule has 0 radical (unpaired) electrons. The lowest BCUT2D eigenvalue weighted by Crippen LogP contribution is -2.24. The Bertz CT molecular complexity index is 1170. The molecule has 1 unspecified atom stereocenters. The number of benzene rings is 2. The van der Waals surface area contributed by atoms with Gasteiger partial charge >= 0.3 is 0 Å². The second-order valence-electron chi connectivity index (χ2n) is 6.79. The van der Waals surface area contributed by atoms with Gasteiger partial charge in [0.25, 0.3) is 5.91 Å². The minimum absolute atomic E-state index is 0.0781. The van der Waals surface area contributed by atoms with Gasteiger partial charge in [-0.25, -0.2) is 0 Å². The van der Waals surface area contributed by atoms with Gasteiger partial charge in [0.15, 0.2) is 0 Å². The first-order valence-electron chi connectivity index (χ1n) is 8.84. The van der Waals surface area contributed by atoms with Crippen molar-refractivity contribution in [3.05, 3.63) is 62.9 Å². The molecule has 7 heteroatoms. The first-order valence-corrected chi connectivity index (χ1v) is 9.22. The Labute approximate surface area is 166 Å². The summed E-state index contributed by atoms with van der Waals surface area (Å²) in [5, 5.41) is 3.66. The molecule has 1 aliphatic heterocycles. The average molecular weight is 399 g/mol. The van der Waals surface area contributed by atoms with Gasteiger partial charge in [0.05, 0.1) is 30.4 Å². The van der Waals surface area contributed by atoms with Gasteiger partial charge in [0.1, 0.15) is 17.1 Å². The van der Waals surface area contributed by atoms with E-state index in [1.54, 1.807) is 24.4 Å². The molecular weight excluding hydrogens is 380 g/mol. The van der Waals surface area contributed by atoms with Gasteiger partial charge in [-0.1, -0.05) is 23.7 Å². The van der Waals surface area contributed by atoms with E-state index >= 15 is 0 Å². The van der Waals surface area contributed by atoms with Crippen LogP contribution in [0.5, 0.6) is 11.5 Å². The molecule has 1 atom stereocenters. The fraction of sp³-hybridized carbons (Fsp3) is 0.238. The third-order valence-electron chi connectivity index (χ3n) is 5.09. The van der Waals surface area contributed by atoms with Crippen LogP contribution in [0.2, 0.25) is 5.02 Å². The van der Waals surface area contributed by atoms with Crippen molar-refractivity contribution >= 4 is 34.1 Å². The number of carbonyl (C=O) groups is 1. The zero-order valence-corrected chi connectivity index (χ0v) is 16.5. The van der Waals surface area contributed by atoms with Crippen molar-refractivity contribution in [2.45, 2.75) is 19.4 Å². The summed E-state index contributed by atoms with van der Waals surface area (Å²) < 4.78 is 12.5. The van der Waals surface area contributed by atoms with Crippen LogP contribution in [0, 0.1) is 0 Å². The van der Waals surface area contributed by atoms with Gasteiger partial charge in [-0.05, 0) is 25.0 Å². The summed E-state index contributed by atoms with van der Waals surface area (Å²) in [6, 6.07) is 8.94. The SMILES string of the molecule is COc1cc(NC(=O)c2cn3c4c(cccc4c2=O)CC3C)c(OC)cc1Cl. The first kappa shape index (κ1) is 18.4. The molecule has 0 spiro atoms. The van der Waals surface area contributed by atoms with E-state index in [-0.39, 0.29) is 17.0 Å². The van der Waals surface area contributed by atoms with Crippen LogP contribution in [0.25, 0.3) is 10.9 Å². The number of amides is 1. The normalized spacial score (nSPS) is 14.9. The molecule has 1 amide bonds. The lowest BCUT2D eigenvalue weighted by atomic mass is 10.1. The maximum absolute atomic E-state index is 13.0. The number of halogens is 1. The molecule has 0 saturated carbocycles. The number of aromatic nitrogens is 1. The van der Waals surface area contributed by atoms with E-state index in [1.807, 2.05) is 16.7 Å². The predicted molar refractivity (Wildman–Crippen MR) is 109 cm³/mol. The van der Waals surface area contributed by atoms with Gasteiger partial charge in [0, 0.05) is 29.8 Å². The quantitative estimate of drug-likeness (QED) is 0.720. The molecule has 0 bridgehead atoms. The van der Waals surface area contributed by atoms with Crippen molar-refractivity contribution in [2.24, 2.45) is 0 Å². The zero-order chi connectivity index (χ0) is 20.0. The molecule has 6 nitrogen and oxygen atoms in total. The highest BCUT2D eigenvalue weighted by atomic mass is 35.5. The maximum Gasteiger partial charge on any atom is 0.261 e. The summed E-state index contributed by atoms with van der Waals surface area (Å²) in [6.07, 6.45) is 2.48. The number of nitrogens with one attached hydrogen (secondary N) is 1. The van der Waals surface area contributed by atoms with Crippen LogP contribution in [0.15, 0.2) is 41.3 Å². The molecule has 144 valence electrons. The number of nitrogens with zero attached hydrogens (tertiary/aromatic N) is 1. The van der Waals surface area contributed by atoms with E-state index in [0.29, 0.717) is 27.6 Å². The van der Waals surface area contributed by atoms with E-state index in [1.165, 1.54) is 14.2 Å². The predicted octanol–water partition coefficient (Wildman–Crippen LogP) is 4.04. The summed E-state index contributed by atoms with van der Waals surface area (Å²) in [5.41, 5.74) is 2.19. The number of hydrogen-bond acceptors (Lipinski definition) is 4. The van der Waals surface area contributed by atoms with Gasteiger partial charge < -0.3 is 19.4 Å². The lowest BCUT2D eigenvalue weighted by molar-refractivity contribution is 0.102. The van der Waals surface area contributed by atoms with E-state index in [9.17, 15) is 9.59 Å². The lowest BCUT2D eigenvalue weighted by Gasteiger charge is -2.15. The average Bonchev–Trinajstić information content (AvgIpc) is 3.01. The summed E-state index contributed by atoms with van der Waals surface area (Å²) in [7, 11) is 2.96. The van der Waals surface area contributed by atoms with Crippen LogP contribution < -0.4 is 20.2 Å². The number of methoxy groups -OCH3 is 2. The Balaban J connectivity index is 1.80. The molecule has 3 aromatic rings. The summed E-state index contributed by atoms with van der Waals surface area (Å²) in [6.45, 7) is 2.07. The van der Waals surface area contributed by atoms with Crippen LogP contribution in [0.4, 0.5) is 5.69 Å². The van der Waals surface area contributed by atoms with Gasteiger partial charge in [0.2, 0.25) is 5.43 Å². The Kier molecular flexibility index (Phi) is 4.51. The number of carbonyl (C=O) groups excluding carboxylic acids is 1. The highest BCUT2D eigenvalue weighted by Crippen LogP contribution is 2.36. The molecule has 4 rings (SSSR count). The fourth-order valence-electron chi connectivity index (χ4n) is 3.73. The van der Waals surface area contributed by atoms with E-state index < -0.39 is 5.91 Å². The van der Waals surface area contributed by atoms with Gasteiger partial charge in [-0.2, -0.15) is 0 Å². The topological polar surface area (TPSA) is 69.6 Å². The van der Waals surface area contributed by atoms with E-state index in [2.05, 4.69) is 12.2 Å². The molecular formula is C21H19ClN2O4. The molecule has 2 aromatic carbocycles. The molecule has 2 heterocycles. The standard InChI is InChI=1S/C21H19ClN2O4/c1-11-7-12-5-4-6-13-19(12)24(11)10-14(20(13)25)21(26)23-16-9-17(27-2)15(22)8-18(16)28-3/h4-6,8-11H,7H2,1-3H3,(H,23,26). The maximum atomic E-state index is 13.0. The number of hydrogen-bond donors (Lipinski definition) is 1. The van der Waals surface area contributed by atoms with Crippen LogP contribution in [0.3, 0.4) is 0 Å². The van der Waals surface area contributed by atoms with E-state index in [0.717, 1.165) is 17.5 Å². The second kappa shape index (κ2) is 6.87. The van der Waals surface area contributed by atoms with Crippen LogP contribution in [0.1, 0.15) is 28.9 Å². The van der Waals surface area contributed by atoms with Crippen molar-refractivity contribution in [3.63, 3.8) is 0 Å². The molecule has 0 aliphatic carbocycles. The first-order chi connectivity index (χ1) is 13.4. The third-order valence-corrected chi connectivity index (χ3v) is 5.39. The van der Waals surface area contributed by atoms with E-state index in [4.69, 9.17) is 21.1 Å². The van der Waals surface area contributed by atoms with Crippen LogP contribution in [-0.4, -0.2) is 24.7 Å². The van der Waals surface area contributed by atoms with Crippen LogP contribution >= 0.6 is 11.6 Å². The molecule has 1 aliphatic rings. The Morgan fingerprint density at radius 2 is 1.96 bits per heavy atom. The van der Waals surface area contributed by atoms with Crippen molar-refractivity contribution in [1.29, 1.82) is 0 Å². The smallest absolute Gasteiger partial charge is 0.261 e. The number of anilines is 1. The Morgan fingerprint density at radius 3 is 2.68 bits per heavy atom. The highest BCUT2D eigenvalue weighted by Gasteiger charge is 2.25. The molecule has 1 N–H and O–H groups in total. The summed E-state index contributed by atoms with van der Waals surface area (Å²) in [4.78, 5) is 25.9. The minimum Gasteiger partial charge on any atom is -0.495 e. The Morgan fingerprint density at radius 1 is 1.21 bits per heavy atom. The van der Waals surface area contributed by atoms with Gasteiger partial charge in [-0.3, -0.25) is 9.59 Å². The zero-order valence-electron chi connectivity index (χ0n) is 15.7. The Hall–Kier alpha value is -2.99. The number of rotatable bonds is 4. The third kappa shape index (κ3) is 2.81. The van der Waals surface area contributed by atoms with Crippen molar-refractivity contribution < 1.29 is 14.3 Å². The number of pyridine rings is 1. The van der Waals surface area contributed by atoms with Crippen LogP contribution in [-0.2, 0) is 6.42 Å². The molecule has 0 saturated heterocycles. The number of para-hydroxylation sites is 1. The van der Waals surface area contributed by atoms with Crippen molar-refractivity contribution in [3.8, 4) is 11.5 Å². The fourth-order valence-corrected chi connectivity index (χ4v) is 3.96. The summed E-state index contributed by atoms with van der Waals surface area (Å²) >= 11 is 6.11. The molecule has 28 heavy (non-hydrogen) atoms. The molecule has 1 aromatic heterocycles. The largest absolute Gasteiger partial charge is 0.495 e. The minimum atomic E-state index is -0.511. The second-order valence-corrected chi connectivity index (χ2v) is 7.19. The van der Waals surface area contributed by atoms with Crippen molar-refractivity contribution in [2.75, 3.05) is 19.5 Å². The highest BCUT2D eigenvalue weighted by molar-refractivity contribution is 6.32. The molecule has 0 fully saturated rings. The monoisotopic (exact) mass is 398 g/mol. The summed E-state index contributed by atoms with van der Waals surface area (Å²) in [5.74, 6) is 0.257. The van der Waals surface area contributed by atoms with Gasteiger partial charge in [-0.15, -0.1) is 0 Å². The van der Waals surface area contributed by atoms with Crippen molar-refractivity contribution in [1.82, 2.24) is 4.57 Å².